The van der Waals surface area contributed by atoms with Crippen LogP contribution in [-0.4, -0.2) is 518 Å². The van der Waals surface area contributed by atoms with E-state index >= 15 is 0 Å². The highest BCUT2D eigenvalue weighted by Crippen LogP contribution is 2.82. The van der Waals surface area contributed by atoms with E-state index in [1.165, 1.54) is 13.8 Å². The molecule has 11 unspecified atom stereocenters. The molecule has 49 nitrogen and oxygen atoms in total. The van der Waals surface area contributed by atoms with Crippen molar-refractivity contribution in [2.75, 3.05) is 59.5 Å². The number of hydrogen-bond donors (Lipinski definition) is 31. The van der Waals surface area contributed by atoms with Crippen LogP contribution in [0.1, 0.15) is 121 Å². The minimum atomic E-state index is -2.34. The highest BCUT2D eigenvalue weighted by molar-refractivity contribution is 5.39. The molecule has 12 fully saturated rings. The topological polar surface area (TPSA) is 793 Å². The van der Waals surface area contributed by atoms with Gasteiger partial charge in [0, 0.05) is 10.8 Å². The standard InChI is InChI=1S/C86H146O49/c1-29(30-13-17-84(8)83(30,7)19-41(96)86(10)82(6)16-15-42(80(2,3)40(82)14-18-85(84,86)9)127-71-58(111)50(103)64(34(23-90)121-71)131-75-59(112)51(104)65(35(24-91)122-75)129-72-55(108)47(100)44(97)31(20-87)118-72)11-12-43(81(4,5)117)128-79-70(63(116)69(39(28-95)126-79)134-74-57(110)49(102)46(99)33(22-89)120-74)135-78-62(115)54(107)68(38(27-94)125-78)133-77-61(114)53(106)67(37(26-93)124-77)132-76-60(113)52(105)66(36(25-92)123-76)130-73-56(109)48(101)45(98)32(21-88)119-73/h14,29-39,41-79,87-117H,11-13,15-28H2,1-10H3/t29-,30?,31-,32-,33-,34-,35-,36-,37-,38-,39-,41?,42+,43-,44-,45-,46-,47+,48+,49+,50-,51-,52-,53-,54-,55-,56-,57-,58-,59-,60-,61-,62-,63+,64-,65-,66-,67-,68-,69-,70-,71?,72?,73?,74?,75?,76?,77?,78?,79?,82-,83-,84-,85+,86+/m1/s1. The number of hydrogen-bond acceptors (Lipinski definition) is 49. The Labute approximate surface area is 777 Å². The quantitative estimate of drug-likeness (QED) is 0.0278. The Hall–Kier alpha value is -2.22. The van der Waals surface area contributed by atoms with Crippen LogP contribution in [0.25, 0.3) is 0 Å². The lowest BCUT2D eigenvalue weighted by Gasteiger charge is -2.75. The summed E-state index contributed by atoms with van der Waals surface area (Å²) in [6.45, 7) is 11.3. The highest BCUT2D eigenvalue weighted by Gasteiger charge is 2.78. The van der Waals surface area contributed by atoms with Gasteiger partial charge >= 0.3 is 0 Å². The molecule has 0 radical (unpaired) electrons. The van der Waals surface area contributed by atoms with Crippen LogP contribution in [0.3, 0.4) is 0 Å². The number of rotatable bonds is 32. The molecule has 0 aromatic carbocycles. The summed E-state index contributed by atoms with van der Waals surface area (Å²) in [5.41, 5.74) is -5.00. The van der Waals surface area contributed by atoms with Crippen LogP contribution in [0.15, 0.2) is 11.6 Å². The van der Waals surface area contributed by atoms with Crippen LogP contribution in [0.4, 0.5) is 0 Å². The third kappa shape index (κ3) is 19.7. The average molecular weight is 1960 g/mol. The highest BCUT2D eigenvalue weighted by atomic mass is 16.8. The molecule has 0 bridgehead atoms. The third-order valence-electron chi connectivity index (χ3n) is 33.0. The second kappa shape index (κ2) is 43.1. The molecule has 4 aliphatic carbocycles. The van der Waals surface area contributed by atoms with Crippen LogP contribution in [-0.2, 0) is 85.3 Å². The van der Waals surface area contributed by atoms with E-state index in [0.29, 0.717) is 44.9 Å². The van der Waals surface area contributed by atoms with E-state index < -0.39 is 392 Å². The maximum absolute atomic E-state index is 13.4. The molecular weight excluding hydrogens is 1820 g/mol. The van der Waals surface area contributed by atoms with Gasteiger partial charge in [-0.25, -0.2) is 0 Å². The van der Waals surface area contributed by atoms with Crippen LogP contribution < -0.4 is 0 Å². The van der Waals surface area contributed by atoms with Gasteiger partial charge in [0.1, 0.15) is 220 Å². The van der Waals surface area contributed by atoms with E-state index in [-0.39, 0.29) is 18.3 Å². The second-order valence-corrected chi connectivity index (χ2v) is 41.1. The van der Waals surface area contributed by atoms with Gasteiger partial charge in [0.15, 0.2) is 56.6 Å². The Morgan fingerprint density at radius 3 is 0.919 bits per heavy atom. The van der Waals surface area contributed by atoms with E-state index in [9.17, 15) is 158 Å². The minimum absolute atomic E-state index is 0.0217. The smallest absolute Gasteiger partial charge is 0.187 e. The maximum atomic E-state index is 13.4. The van der Waals surface area contributed by atoms with Crippen LogP contribution in [0, 0.1) is 44.3 Å². The Morgan fingerprint density at radius 1 is 0.326 bits per heavy atom. The van der Waals surface area contributed by atoms with E-state index in [0.717, 1.165) is 5.57 Å². The summed E-state index contributed by atoms with van der Waals surface area (Å²) >= 11 is 0. The molecule has 9 saturated heterocycles. The van der Waals surface area contributed by atoms with E-state index in [1.807, 2.05) is 13.8 Å². The summed E-state index contributed by atoms with van der Waals surface area (Å²) in [7, 11) is 0. The summed E-state index contributed by atoms with van der Waals surface area (Å²) in [4.78, 5) is 0. The lowest BCUT2D eigenvalue weighted by Crippen LogP contribution is -2.72. The maximum Gasteiger partial charge on any atom is 0.187 e. The minimum Gasteiger partial charge on any atom is -0.394 e. The Balaban J connectivity index is 0.676. The molecule has 135 heavy (non-hydrogen) atoms. The van der Waals surface area contributed by atoms with Crippen LogP contribution >= 0.6 is 0 Å². The van der Waals surface area contributed by atoms with Crippen molar-refractivity contribution >= 4 is 0 Å². The number of aliphatic hydroxyl groups is 31. The number of aliphatic hydroxyl groups excluding tert-OH is 30. The zero-order chi connectivity index (χ0) is 99.4. The zero-order valence-corrected chi connectivity index (χ0v) is 76.7. The molecule has 3 saturated carbocycles. The number of allylic oxidation sites excluding steroid dienone is 1. The fourth-order valence-corrected chi connectivity index (χ4v) is 24.3. The summed E-state index contributed by atoms with van der Waals surface area (Å²) in [6.07, 6.45) is -83.4. The van der Waals surface area contributed by atoms with Gasteiger partial charge in [-0.1, -0.05) is 67.0 Å². The number of ether oxygens (including phenoxy) is 18. The first kappa shape index (κ1) is 110. The molecule has 9 heterocycles. The molecule has 13 rings (SSSR count). The van der Waals surface area contributed by atoms with Crippen LogP contribution in [0.2, 0.25) is 0 Å². The van der Waals surface area contributed by atoms with Gasteiger partial charge in [-0.05, 0) is 98.7 Å². The fraction of sp³-hybridized carbons (Fsp3) is 0.977. The first-order chi connectivity index (χ1) is 63.4. The predicted molar refractivity (Wildman–Crippen MR) is 440 cm³/mol. The first-order valence-electron chi connectivity index (χ1n) is 46.4. The van der Waals surface area contributed by atoms with Crippen molar-refractivity contribution in [1.29, 1.82) is 0 Å². The predicted octanol–water partition coefficient (Wildman–Crippen LogP) is -13.3. The lowest BCUT2D eigenvalue weighted by molar-refractivity contribution is -0.404. The zero-order valence-electron chi connectivity index (χ0n) is 76.7. The third-order valence-corrected chi connectivity index (χ3v) is 33.0. The molecule has 49 heteroatoms. The first-order valence-corrected chi connectivity index (χ1v) is 46.4. The largest absolute Gasteiger partial charge is 0.394 e. The van der Waals surface area contributed by atoms with Gasteiger partial charge in [-0.15, -0.1) is 0 Å². The molecule has 784 valence electrons. The van der Waals surface area contributed by atoms with Crippen molar-refractivity contribution in [3.05, 3.63) is 11.6 Å². The summed E-state index contributed by atoms with van der Waals surface area (Å²) in [5, 5.41) is 344. The Bertz CT molecular complexity index is 3790. The molecular formula is C86H146O49. The molecule has 0 spiro atoms. The van der Waals surface area contributed by atoms with E-state index in [2.05, 4.69) is 47.6 Å². The fourth-order valence-electron chi connectivity index (χ4n) is 24.3. The summed E-state index contributed by atoms with van der Waals surface area (Å²) < 4.78 is 107. The SMILES string of the molecule is C[C@H](CC[C@@H](OC1O[C@H](CO)[C@@H](OC2O[C@H](CO)[C@@H](O)[C@H](O)[C@H]2O)[C@H](O)[C@H]1OC1O[C@H](CO)[C@@H](OC2O[C@H](CO)[C@@H](OC3O[C@H](CO)[C@@H](OC4O[C@H](CO)[C@@H](O)[C@H](O)[C@H]4O)[C@H](O)[C@H]3O)[C@H](O)[C@H]2O)[C@H](O)[C@H]1O)C(C)(C)O)C1CC[C@@]2(C)[C@]3(C)CC=C4C(C)(C)[C@@H](OC5O[C@H](CO)[C@@H](OC6O[C@H](CO)[C@@H](OC7O[C@H](CO)[C@@H](O)[C@H](O)[C@H]7O)[C@H](O)[C@H]6O)[C@H](O)[C@H]5O)CC[C@@]4(C)[C@]3(C)C(O)C[C@]12C. The van der Waals surface area contributed by atoms with Gasteiger partial charge in [0.25, 0.3) is 0 Å². The lowest BCUT2D eigenvalue weighted by atomic mass is 9.29. The van der Waals surface area contributed by atoms with E-state index in [4.69, 9.17) is 85.3 Å². The molecule has 0 aromatic heterocycles. The molecule has 0 aromatic rings. The molecule has 55 atom stereocenters. The van der Waals surface area contributed by atoms with Crippen molar-refractivity contribution < 1.29 is 244 Å². The van der Waals surface area contributed by atoms with Crippen molar-refractivity contribution in [1.82, 2.24) is 0 Å². The normalized spacial score (nSPS) is 53.1. The molecule has 13 aliphatic rings. The molecule has 31 N–H and O–H groups in total. The van der Waals surface area contributed by atoms with Crippen molar-refractivity contribution in [3.63, 3.8) is 0 Å². The Morgan fingerprint density at radius 2 is 0.607 bits per heavy atom. The summed E-state index contributed by atoms with van der Waals surface area (Å²) in [6, 6.07) is 0. The molecule has 9 aliphatic heterocycles. The number of fused-ring (bicyclic) bond motifs is 5. The van der Waals surface area contributed by atoms with Gasteiger partial charge < -0.3 is 244 Å². The molecule has 0 amide bonds. The van der Waals surface area contributed by atoms with Gasteiger partial charge in [-0.3, -0.25) is 0 Å². The second-order valence-electron chi connectivity index (χ2n) is 41.1. The van der Waals surface area contributed by atoms with E-state index in [1.54, 1.807) is 0 Å². The monoisotopic (exact) mass is 1960 g/mol. The average Bonchev–Trinajstić information content (AvgIpc) is 1.62. The van der Waals surface area contributed by atoms with Gasteiger partial charge in [0.05, 0.1) is 83.4 Å². The van der Waals surface area contributed by atoms with Crippen LogP contribution in [0.5, 0.6) is 0 Å². The van der Waals surface area contributed by atoms with Crippen molar-refractivity contribution in [2.24, 2.45) is 44.3 Å². The van der Waals surface area contributed by atoms with Crippen molar-refractivity contribution in [3.8, 4) is 0 Å². The van der Waals surface area contributed by atoms with Gasteiger partial charge in [0.2, 0.25) is 0 Å². The van der Waals surface area contributed by atoms with Crippen molar-refractivity contribution in [2.45, 2.75) is 421 Å². The summed E-state index contributed by atoms with van der Waals surface area (Å²) in [5.74, 6) is -0.313. The Kier molecular flexibility index (Phi) is 35.1. The van der Waals surface area contributed by atoms with Gasteiger partial charge in [-0.2, -0.15) is 0 Å².